The molecule has 3 aromatic rings. The van der Waals surface area contributed by atoms with E-state index in [2.05, 4.69) is 66.2 Å². The van der Waals surface area contributed by atoms with E-state index in [0.29, 0.717) is 5.75 Å². The molecule has 3 aromatic carbocycles. The Hall–Kier alpha value is -3.24. The van der Waals surface area contributed by atoms with Gasteiger partial charge in [-0.2, -0.15) is 0 Å². The summed E-state index contributed by atoms with van der Waals surface area (Å²) in [5, 5.41) is 9.60. The van der Waals surface area contributed by atoms with Crippen molar-refractivity contribution >= 4 is 22.7 Å². The topological polar surface area (TPSA) is 35.9 Å². The Kier molecular flexibility index (Phi) is 6.93. The third kappa shape index (κ3) is 4.98. The average molecular weight is 388 g/mol. The summed E-state index contributed by atoms with van der Waals surface area (Å²) in [5.41, 5.74) is 4.29. The van der Waals surface area contributed by atoms with Crippen LogP contribution in [0.2, 0.25) is 0 Å². The van der Waals surface area contributed by atoms with Crippen LogP contribution in [0.1, 0.15) is 13.8 Å². The van der Waals surface area contributed by atoms with Crippen molar-refractivity contribution in [3.63, 3.8) is 0 Å². The predicted octanol–water partition coefficient (Wildman–Crippen LogP) is 6.05. The highest BCUT2D eigenvalue weighted by Crippen LogP contribution is 2.36. The van der Waals surface area contributed by atoms with Crippen LogP contribution in [0.4, 0.5) is 22.7 Å². The monoisotopic (exact) mass is 387 g/mol. The predicted molar refractivity (Wildman–Crippen MR) is 121 cm³/mol. The van der Waals surface area contributed by atoms with Crippen molar-refractivity contribution in [1.29, 1.82) is 0 Å². The maximum absolute atomic E-state index is 9.60. The molecule has 0 aliphatic carbocycles. The van der Waals surface area contributed by atoms with Crippen molar-refractivity contribution in [2.45, 2.75) is 20.1 Å². The number of anilines is 4. The molecule has 0 amide bonds. The summed E-state index contributed by atoms with van der Waals surface area (Å²) in [5.74, 6) is 0.585. The molecule has 1 radical (unpaired) electrons. The lowest BCUT2D eigenvalue weighted by Crippen LogP contribution is -2.17. The Bertz CT molecular complexity index is 888. The van der Waals surface area contributed by atoms with E-state index < -0.39 is 6.29 Å². The van der Waals surface area contributed by atoms with Gasteiger partial charge in [0.1, 0.15) is 5.75 Å². The molecule has 3 rings (SSSR count). The van der Waals surface area contributed by atoms with E-state index in [1.165, 1.54) is 6.08 Å². The fourth-order valence-electron chi connectivity index (χ4n) is 3.19. The van der Waals surface area contributed by atoms with Gasteiger partial charge in [0.25, 0.3) is 0 Å². The SMILES string of the molecule is C=CC(O)Oc1ccc(N(c2ccccc2)c2ccc(N([CH]C)CC)cc2)cc1. The van der Waals surface area contributed by atoms with Crippen LogP contribution in [0.3, 0.4) is 0 Å². The molecule has 0 bridgehead atoms. The van der Waals surface area contributed by atoms with Gasteiger partial charge in [-0.05, 0) is 80.6 Å². The Morgan fingerprint density at radius 3 is 1.90 bits per heavy atom. The van der Waals surface area contributed by atoms with Crippen LogP contribution in [0.15, 0.2) is 91.5 Å². The van der Waals surface area contributed by atoms with Crippen molar-refractivity contribution in [3.8, 4) is 5.75 Å². The molecule has 0 heterocycles. The summed E-state index contributed by atoms with van der Waals surface area (Å²) in [6.07, 6.45) is 0.328. The summed E-state index contributed by atoms with van der Waals surface area (Å²) in [4.78, 5) is 4.39. The van der Waals surface area contributed by atoms with Crippen LogP contribution in [-0.4, -0.2) is 17.9 Å². The highest BCUT2D eigenvalue weighted by molar-refractivity contribution is 5.77. The number of nitrogens with zero attached hydrogens (tertiary/aromatic N) is 2. The van der Waals surface area contributed by atoms with Crippen molar-refractivity contribution in [2.24, 2.45) is 0 Å². The summed E-state index contributed by atoms with van der Waals surface area (Å²) in [7, 11) is 0. The molecular formula is C25H27N2O2. The lowest BCUT2D eigenvalue weighted by Gasteiger charge is -2.27. The molecule has 0 fully saturated rings. The molecular weight excluding hydrogens is 360 g/mol. The maximum Gasteiger partial charge on any atom is 0.216 e. The third-order valence-corrected chi connectivity index (χ3v) is 4.66. The zero-order chi connectivity index (χ0) is 20.6. The molecule has 4 nitrogen and oxygen atoms in total. The largest absolute Gasteiger partial charge is 0.461 e. The summed E-state index contributed by atoms with van der Waals surface area (Å²) >= 11 is 0. The van der Waals surface area contributed by atoms with Gasteiger partial charge in [0, 0.05) is 35.8 Å². The number of hydrogen-bond acceptors (Lipinski definition) is 4. The van der Waals surface area contributed by atoms with E-state index in [4.69, 9.17) is 4.74 Å². The van der Waals surface area contributed by atoms with Gasteiger partial charge in [-0.15, -0.1) is 0 Å². The molecule has 0 aliphatic rings. The van der Waals surface area contributed by atoms with Crippen LogP contribution < -0.4 is 14.5 Å². The Balaban J connectivity index is 1.95. The second kappa shape index (κ2) is 9.80. The lowest BCUT2D eigenvalue weighted by atomic mass is 10.1. The van der Waals surface area contributed by atoms with E-state index in [1.54, 1.807) is 0 Å². The number of ether oxygens (including phenoxy) is 1. The molecule has 1 atom stereocenters. The molecule has 0 saturated carbocycles. The molecule has 0 aromatic heterocycles. The first-order valence-corrected chi connectivity index (χ1v) is 9.75. The van der Waals surface area contributed by atoms with Crippen LogP contribution in [-0.2, 0) is 0 Å². The number of hydrogen-bond donors (Lipinski definition) is 1. The van der Waals surface area contributed by atoms with Gasteiger partial charge in [0.2, 0.25) is 6.29 Å². The first-order valence-electron chi connectivity index (χ1n) is 9.75. The minimum absolute atomic E-state index is 0.585. The van der Waals surface area contributed by atoms with Gasteiger partial charge >= 0.3 is 0 Å². The third-order valence-electron chi connectivity index (χ3n) is 4.66. The zero-order valence-electron chi connectivity index (χ0n) is 16.9. The van der Waals surface area contributed by atoms with Gasteiger partial charge in [0.05, 0.1) is 0 Å². The van der Waals surface area contributed by atoms with Gasteiger partial charge in [-0.3, -0.25) is 0 Å². The quantitative estimate of drug-likeness (QED) is 0.358. The van der Waals surface area contributed by atoms with Crippen LogP contribution in [0.5, 0.6) is 5.75 Å². The zero-order valence-corrected chi connectivity index (χ0v) is 16.9. The second-order valence-electron chi connectivity index (χ2n) is 6.47. The minimum Gasteiger partial charge on any atom is -0.461 e. The molecule has 0 spiro atoms. The molecule has 4 heteroatoms. The van der Waals surface area contributed by atoms with E-state index in [0.717, 1.165) is 29.3 Å². The summed E-state index contributed by atoms with van der Waals surface area (Å²) in [6.45, 7) is 10.7. The smallest absolute Gasteiger partial charge is 0.216 e. The number of benzene rings is 3. The van der Waals surface area contributed by atoms with Gasteiger partial charge in [0.15, 0.2) is 0 Å². The molecule has 0 aliphatic heterocycles. The fourth-order valence-corrected chi connectivity index (χ4v) is 3.19. The summed E-state index contributed by atoms with van der Waals surface area (Å²) < 4.78 is 5.39. The minimum atomic E-state index is -1.02. The van der Waals surface area contributed by atoms with Crippen molar-refractivity contribution in [3.05, 3.63) is 98.1 Å². The first kappa shape index (κ1) is 20.5. The Morgan fingerprint density at radius 1 is 0.862 bits per heavy atom. The van der Waals surface area contributed by atoms with Crippen LogP contribution >= 0.6 is 0 Å². The normalized spacial score (nSPS) is 11.6. The first-order chi connectivity index (χ1) is 14.2. The fraction of sp³-hybridized carbons (Fsp3) is 0.160. The summed E-state index contributed by atoms with van der Waals surface area (Å²) in [6, 6.07) is 26.4. The van der Waals surface area contributed by atoms with E-state index in [-0.39, 0.29) is 0 Å². The Morgan fingerprint density at radius 2 is 1.38 bits per heavy atom. The van der Waals surface area contributed by atoms with Gasteiger partial charge in [-0.25, -0.2) is 0 Å². The molecule has 149 valence electrons. The average Bonchev–Trinajstić information content (AvgIpc) is 2.77. The van der Waals surface area contributed by atoms with Gasteiger partial charge in [-0.1, -0.05) is 24.8 Å². The number of para-hydroxylation sites is 1. The Labute approximate surface area is 173 Å². The number of rotatable bonds is 9. The van der Waals surface area contributed by atoms with E-state index in [9.17, 15) is 5.11 Å². The standard InChI is InChI=1S/C25H27N2O2/c1-4-25(28)29-24-18-16-23(17-19-24)27(21-10-8-7-9-11-21)22-14-12-20(13-15-22)26(5-2)6-3/h4-5,7-19,25,28H,1,6H2,2-3H3. The van der Waals surface area contributed by atoms with E-state index in [1.807, 2.05) is 49.4 Å². The molecule has 0 saturated heterocycles. The second-order valence-corrected chi connectivity index (χ2v) is 6.47. The van der Waals surface area contributed by atoms with Crippen molar-refractivity contribution in [2.75, 3.05) is 16.3 Å². The molecule has 29 heavy (non-hydrogen) atoms. The van der Waals surface area contributed by atoms with E-state index >= 15 is 0 Å². The molecule has 1 N–H and O–H groups in total. The van der Waals surface area contributed by atoms with Crippen molar-refractivity contribution in [1.82, 2.24) is 0 Å². The van der Waals surface area contributed by atoms with Crippen molar-refractivity contribution < 1.29 is 9.84 Å². The number of aliphatic hydroxyl groups excluding tert-OH is 1. The lowest BCUT2D eigenvalue weighted by molar-refractivity contribution is 0.0251. The van der Waals surface area contributed by atoms with Crippen LogP contribution in [0.25, 0.3) is 0 Å². The highest BCUT2D eigenvalue weighted by atomic mass is 16.6. The number of aliphatic hydroxyl groups is 1. The van der Waals surface area contributed by atoms with Crippen LogP contribution in [0, 0.1) is 6.54 Å². The maximum atomic E-state index is 9.60. The molecule has 1 unspecified atom stereocenters. The van der Waals surface area contributed by atoms with Gasteiger partial charge < -0.3 is 19.6 Å². The highest BCUT2D eigenvalue weighted by Gasteiger charge is 2.13.